The zero-order valence-corrected chi connectivity index (χ0v) is 10.3. The van der Waals surface area contributed by atoms with Gasteiger partial charge in [-0.1, -0.05) is 0 Å². The molecular weight excluding hydrogens is 237 g/mol. The molecule has 0 bridgehead atoms. The molecular formula is C13H18FNO3. The van der Waals surface area contributed by atoms with Gasteiger partial charge in [0.15, 0.2) is 0 Å². The number of halogens is 1. The molecule has 100 valence electrons. The van der Waals surface area contributed by atoms with Gasteiger partial charge in [-0.25, -0.2) is 4.39 Å². The van der Waals surface area contributed by atoms with Crippen LogP contribution >= 0.6 is 0 Å². The highest BCUT2D eigenvalue weighted by Gasteiger charge is 2.10. The van der Waals surface area contributed by atoms with E-state index in [0.717, 1.165) is 32.8 Å². The first-order chi connectivity index (χ1) is 8.78. The van der Waals surface area contributed by atoms with Gasteiger partial charge in [-0.05, 0) is 17.7 Å². The molecule has 1 aliphatic heterocycles. The summed E-state index contributed by atoms with van der Waals surface area (Å²) < 4.78 is 23.9. The topological polar surface area (TPSA) is 41.9 Å². The zero-order valence-electron chi connectivity index (χ0n) is 10.3. The molecule has 5 heteroatoms. The molecule has 4 nitrogen and oxygen atoms in total. The van der Waals surface area contributed by atoms with Crippen LogP contribution in [-0.2, 0) is 11.3 Å². The van der Waals surface area contributed by atoms with E-state index in [1.54, 1.807) is 6.07 Å². The molecule has 1 aliphatic rings. The van der Waals surface area contributed by atoms with E-state index in [1.807, 2.05) is 0 Å². The van der Waals surface area contributed by atoms with E-state index in [0.29, 0.717) is 17.9 Å². The van der Waals surface area contributed by atoms with E-state index in [1.165, 1.54) is 12.1 Å². The Kier molecular flexibility index (Phi) is 4.92. The van der Waals surface area contributed by atoms with Crippen molar-refractivity contribution in [3.8, 4) is 5.75 Å². The van der Waals surface area contributed by atoms with Crippen LogP contribution < -0.4 is 4.74 Å². The summed E-state index contributed by atoms with van der Waals surface area (Å²) in [6, 6.07) is 4.29. The van der Waals surface area contributed by atoms with Crippen LogP contribution in [0.25, 0.3) is 0 Å². The number of aliphatic hydroxyl groups is 1. The van der Waals surface area contributed by atoms with Gasteiger partial charge in [0.2, 0.25) is 0 Å². The molecule has 0 unspecified atom stereocenters. The van der Waals surface area contributed by atoms with Crippen molar-refractivity contribution in [1.82, 2.24) is 4.90 Å². The van der Waals surface area contributed by atoms with Crippen molar-refractivity contribution in [2.75, 3.05) is 39.5 Å². The van der Waals surface area contributed by atoms with Crippen molar-refractivity contribution in [2.24, 2.45) is 0 Å². The molecule has 0 amide bonds. The smallest absolute Gasteiger partial charge is 0.127 e. The number of hydrogen-bond donors (Lipinski definition) is 1. The van der Waals surface area contributed by atoms with Crippen molar-refractivity contribution in [1.29, 1.82) is 0 Å². The summed E-state index contributed by atoms with van der Waals surface area (Å²) in [5, 5.41) is 8.97. The number of nitrogens with zero attached hydrogens (tertiary/aromatic N) is 1. The van der Waals surface area contributed by atoms with E-state index >= 15 is 0 Å². The standard InChI is InChI=1S/C13H18FNO3/c14-12-7-11(10-16)8-13(9-12)18-6-3-15-1-4-17-5-2-15/h7-9,16H,1-6,10H2. The Balaban J connectivity index is 1.80. The monoisotopic (exact) mass is 255 g/mol. The molecule has 1 N–H and O–H groups in total. The highest BCUT2D eigenvalue weighted by molar-refractivity contribution is 5.29. The van der Waals surface area contributed by atoms with Gasteiger partial charge < -0.3 is 14.6 Å². The van der Waals surface area contributed by atoms with Crippen molar-refractivity contribution < 1.29 is 19.0 Å². The minimum absolute atomic E-state index is 0.183. The third kappa shape index (κ3) is 3.94. The maximum Gasteiger partial charge on any atom is 0.127 e. The molecule has 1 aromatic rings. The van der Waals surface area contributed by atoms with Crippen molar-refractivity contribution in [3.05, 3.63) is 29.6 Å². The molecule has 1 heterocycles. The Morgan fingerprint density at radius 1 is 1.28 bits per heavy atom. The largest absolute Gasteiger partial charge is 0.492 e. The van der Waals surface area contributed by atoms with Crippen LogP contribution in [0.15, 0.2) is 18.2 Å². The summed E-state index contributed by atoms with van der Waals surface area (Å²) in [6.45, 7) is 4.46. The summed E-state index contributed by atoms with van der Waals surface area (Å²) >= 11 is 0. The van der Waals surface area contributed by atoms with Gasteiger partial charge in [-0.3, -0.25) is 4.90 Å². The highest BCUT2D eigenvalue weighted by Crippen LogP contribution is 2.16. The number of morpholine rings is 1. The summed E-state index contributed by atoms with van der Waals surface area (Å²) in [6.07, 6.45) is 0. The quantitative estimate of drug-likeness (QED) is 0.853. The first kappa shape index (κ1) is 13.3. The van der Waals surface area contributed by atoms with E-state index in [-0.39, 0.29) is 12.4 Å². The number of hydrogen-bond acceptors (Lipinski definition) is 4. The fourth-order valence-corrected chi connectivity index (χ4v) is 1.91. The maximum absolute atomic E-state index is 13.2. The molecule has 0 aliphatic carbocycles. The van der Waals surface area contributed by atoms with Gasteiger partial charge in [0.25, 0.3) is 0 Å². The van der Waals surface area contributed by atoms with E-state index in [4.69, 9.17) is 14.6 Å². The van der Waals surface area contributed by atoms with Crippen LogP contribution in [0.1, 0.15) is 5.56 Å². The van der Waals surface area contributed by atoms with Gasteiger partial charge in [0.1, 0.15) is 18.2 Å². The predicted octanol–water partition coefficient (Wildman–Crippen LogP) is 1.03. The minimum Gasteiger partial charge on any atom is -0.492 e. The molecule has 1 aromatic carbocycles. The lowest BCUT2D eigenvalue weighted by molar-refractivity contribution is 0.0322. The maximum atomic E-state index is 13.2. The normalized spacial score (nSPS) is 16.8. The van der Waals surface area contributed by atoms with Crippen molar-refractivity contribution in [2.45, 2.75) is 6.61 Å². The minimum atomic E-state index is -0.386. The van der Waals surface area contributed by atoms with Gasteiger partial charge in [-0.15, -0.1) is 0 Å². The van der Waals surface area contributed by atoms with Gasteiger partial charge in [-0.2, -0.15) is 0 Å². The Morgan fingerprint density at radius 3 is 2.78 bits per heavy atom. The zero-order chi connectivity index (χ0) is 12.8. The van der Waals surface area contributed by atoms with Crippen LogP contribution in [0.2, 0.25) is 0 Å². The SMILES string of the molecule is OCc1cc(F)cc(OCCN2CCOCC2)c1. The third-order valence-corrected chi connectivity index (χ3v) is 2.89. The Bertz CT molecular complexity index is 380. The summed E-state index contributed by atoms with van der Waals surface area (Å²) in [5.41, 5.74) is 0.524. The molecule has 0 aromatic heterocycles. The molecule has 0 spiro atoms. The summed E-state index contributed by atoms with van der Waals surface area (Å²) in [5.74, 6) is 0.0789. The number of aliphatic hydroxyl groups excluding tert-OH is 1. The molecule has 1 saturated heterocycles. The molecule has 0 atom stereocenters. The van der Waals surface area contributed by atoms with Crippen molar-refractivity contribution >= 4 is 0 Å². The summed E-state index contributed by atoms with van der Waals surface area (Å²) in [7, 11) is 0. The third-order valence-electron chi connectivity index (χ3n) is 2.89. The first-order valence-corrected chi connectivity index (χ1v) is 6.11. The van der Waals surface area contributed by atoms with Crippen LogP contribution in [0.3, 0.4) is 0 Å². The Labute approximate surface area is 106 Å². The molecule has 0 saturated carbocycles. The average Bonchev–Trinajstić information content (AvgIpc) is 2.39. The van der Waals surface area contributed by atoms with Gasteiger partial charge in [0.05, 0.1) is 19.8 Å². The molecule has 0 radical (unpaired) electrons. The second-order valence-corrected chi connectivity index (χ2v) is 4.26. The lowest BCUT2D eigenvalue weighted by Crippen LogP contribution is -2.38. The van der Waals surface area contributed by atoms with E-state index < -0.39 is 0 Å². The Morgan fingerprint density at radius 2 is 2.06 bits per heavy atom. The fraction of sp³-hybridized carbons (Fsp3) is 0.538. The van der Waals surface area contributed by atoms with Gasteiger partial charge >= 0.3 is 0 Å². The lowest BCUT2D eigenvalue weighted by atomic mass is 10.2. The Hall–Kier alpha value is -1.17. The molecule has 2 rings (SSSR count). The second-order valence-electron chi connectivity index (χ2n) is 4.26. The number of benzene rings is 1. The average molecular weight is 255 g/mol. The van der Waals surface area contributed by atoms with Crippen LogP contribution in [-0.4, -0.2) is 49.5 Å². The first-order valence-electron chi connectivity index (χ1n) is 6.11. The van der Waals surface area contributed by atoms with Crippen LogP contribution in [0.5, 0.6) is 5.75 Å². The highest BCUT2D eigenvalue weighted by atomic mass is 19.1. The molecule has 1 fully saturated rings. The van der Waals surface area contributed by atoms with E-state index in [9.17, 15) is 4.39 Å². The lowest BCUT2D eigenvalue weighted by Gasteiger charge is -2.26. The van der Waals surface area contributed by atoms with Crippen LogP contribution in [0.4, 0.5) is 4.39 Å². The number of rotatable bonds is 5. The predicted molar refractivity (Wildman–Crippen MR) is 65.1 cm³/mol. The van der Waals surface area contributed by atoms with Crippen molar-refractivity contribution in [3.63, 3.8) is 0 Å². The van der Waals surface area contributed by atoms with E-state index in [2.05, 4.69) is 4.90 Å². The second kappa shape index (κ2) is 6.68. The number of ether oxygens (including phenoxy) is 2. The van der Waals surface area contributed by atoms with Gasteiger partial charge in [0, 0.05) is 25.7 Å². The fourth-order valence-electron chi connectivity index (χ4n) is 1.91. The molecule has 18 heavy (non-hydrogen) atoms. The summed E-state index contributed by atoms with van der Waals surface area (Å²) in [4.78, 5) is 2.25. The van der Waals surface area contributed by atoms with Crippen LogP contribution in [0, 0.1) is 5.82 Å².